The standard InChI is InChI=1S/C16H30N2O.ClH/c1-13(17)15-10-4-5-12-18(15)16(19)11-6-9-14-7-2-3-8-14;/h13-15H,2-12,17H2,1H3;1H. The Morgan fingerprint density at radius 1 is 1.20 bits per heavy atom. The van der Waals surface area contributed by atoms with Gasteiger partial charge in [-0.1, -0.05) is 25.7 Å². The molecule has 0 aromatic heterocycles. The maximum atomic E-state index is 12.4. The van der Waals surface area contributed by atoms with Crippen molar-refractivity contribution in [2.45, 2.75) is 83.2 Å². The lowest BCUT2D eigenvalue weighted by Crippen LogP contribution is -2.51. The molecule has 1 aliphatic carbocycles. The molecule has 0 aromatic rings. The van der Waals surface area contributed by atoms with Crippen molar-refractivity contribution >= 4 is 18.3 Å². The van der Waals surface area contributed by atoms with E-state index in [2.05, 4.69) is 4.90 Å². The first kappa shape index (κ1) is 17.8. The molecule has 2 rings (SSSR count). The Bertz CT molecular complexity index is 290. The molecule has 2 aliphatic rings. The van der Waals surface area contributed by atoms with Gasteiger partial charge in [-0.2, -0.15) is 0 Å². The van der Waals surface area contributed by atoms with Gasteiger partial charge in [-0.25, -0.2) is 0 Å². The molecule has 1 saturated heterocycles. The fraction of sp³-hybridized carbons (Fsp3) is 0.938. The molecule has 1 amide bonds. The third-order valence-electron chi connectivity index (χ3n) is 4.95. The van der Waals surface area contributed by atoms with Crippen LogP contribution in [0.2, 0.25) is 0 Å². The van der Waals surface area contributed by atoms with Gasteiger partial charge in [0.1, 0.15) is 0 Å². The number of halogens is 1. The monoisotopic (exact) mass is 302 g/mol. The summed E-state index contributed by atoms with van der Waals surface area (Å²) >= 11 is 0. The molecule has 20 heavy (non-hydrogen) atoms. The molecule has 2 unspecified atom stereocenters. The Hall–Kier alpha value is -0.280. The van der Waals surface area contributed by atoms with Crippen LogP contribution in [0.4, 0.5) is 0 Å². The van der Waals surface area contributed by atoms with Crippen molar-refractivity contribution in [2.24, 2.45) is 11.7 Å². The van der Waals surface area contributed by atoms with Crippen molar-refractivity contribution in [3.05, 3.63) is 0 Å². The number of likely N-dealkylation sites (tertiary alicyclic amines) is 1. The SMILES string of the molecule is CC(N)C1CCCCN1C(=O)CCCC1CCCC1.Cl. The molecule has 0 aromatic carbocycles. The summed E-state index contributed by atoms with van der Waals surface area (Å²) in [5.41, 5.74) is 6.03. The third kappa shape index (κ3) is 4.92. The van der Waals surface area contributed by atoms with Gasteiger partial charge in [0.15, 0.2) is 0 Å². The number of amides is 1. The predicted octanol–water partition coefficient (Wildman–Crippen LogP) is 3.50. The molecule has 118 valence electrons. The van der Waals surface area contributed by atoms with E-state index in [0.29, 0.717) is 5.91 Å². The van der Waals surface area contributed by atoms with E-state index in [0.717, 1.165) is 38.1 Å². The van der Waals surface area contributed by atoms with Crippen molar-refractivity contribution in [3.8, 4) is 0 Å². The Balaban J connectivity index is 0.00000200. The molecule has 1 saturated carbocycles. The van der Waals surface area contributed by atoms with Crippen molar-refractivity contribution < 1.29 is 4.79 Å². The predicted molar refractivity (Wildman–Crippen MR) is 86.1 cm³/mol. The van der Waals surface area contributed by atoms with Crippen LogP contribution in [0, 0.1) is 5.92 Å². The highest BCUT2D eigenvalue weighted by molar-refractivity contribution is 5.85. The first-order chi connectivity index (χ1) is 9.18. The molecule has 0 radical (unpaired) electrons. The molecule has 3 nitrogen and oxygen atoms in total. The average Bonchev–Trinajstić information content (AvgIpc) is 2.91. The van der Waals surface area contributed by atoms with E-state index in [1.807, 2.05) is 6.92 Å². The average molecular weight is 303 g/mol. The summed E-state index contributed by atoms with van der Waals surface area (Å²) in [6.07, 6.45) is 12.1. The second kappa shape index (κ2) is 8.89. The van der Waals surface area contributed by atoms with Crippen LogP contribution in [0.1, 0.15) is 71.1 Å². The van der Waals surface area contributed by atoms with E-state index in [1.54, 1.807) is 0 Å². The van der Waals surface area contributed by atoms with E-state index >= 15 is 0 Å². The third-order valence-corrected chi connectivity index (χ3v) is 4.95. The van der Waals surface area contributed by atoms with E-state index in [9.17, 15) is 4.79 Å². The number of carbonyl (C=O) groups is 1. The quantitative estimate of drug-likeness (QED) is 0.845. The van der Waals surface area contributed by atoms with Gasteiger partial charge >= 0.3 is 0 Å². The van der Waals surface area contributed by atoms with Gasteiger partial charge in [0.05, 0.1) is 0 Å². The number of hydrogen-bond donors (Lipinski definition) is 1. The zero-order valence-electron chi connectivity index (χ0n) is 12.9. The zero-order valence-corrected chi connectivity index (χ0v) is 13.7. The molecular weight excluding hydrogens is 272 g/mol. The van der Waals surface area contributed by atoms with Gasteiger partial charge in [0.2, 0.25) is 5.91 Å². The lowest BCUT2D eigenvalue weighted by atomic mass is 9.95. The Morgan fingerprint density at radius 2 is 1.85 bits per heavy atom. The smallest absolute Gasteiger partial charge is 0.222 e. The van der Waals surface area contributed by atoms with E-state index in [4.69, 9.17) is 5.73 Å². The number of nitrogens with zero attached hydrogens (tertiary/aromatic N) is 1. The fourth-order valence-corrected chi connectivity index (χ4v) is 3.80. The minimum absolute atomic E-state index is 0. The van der Waals surface area contributed by atoms with Crippen LogP contribution >= 0.6 is 12.4 Å². The highest BCUT2D eigenvalue weighted by Crippen LogP contribution is 2.29. The summed E-state index contributed by atoms with van der Waals surface area (Å²) in [6, 6.07) is 0.395. The molecular formula is C16H31ClN2O. The highest BCUT2D eigenvalue weighted by Gasteiger charge is 2.28. The van der Waals surface area contributed by atoms with Crippen molar-refractivity contribution in [1.29, 1.82) is 0 Å². The number of rotatable bonds is 5. The van der Waals surface area contributed by atoms with Gasteiger partial charge in [-0.05, 0) is 44.9 Å². The van der Waals surface area contributed by atoms with Crippen molar-refractivity contribution in [3.63, 3.8) is 0 Å². The van der Waals surface area contributed by atoms with Crippen LogP contribution in [0.25, 0.3) is 0 Å². The Kier molecular flexibility index (Phi) is 7.90. The summed E-state index contributed by atoms with van der Waals surface area (Å²) in [7, 11) is 0. The number of nitrogens with two attached hydrogens (primary N) is 1. The van der Waals surface area contributed by atoms with Crippen molar-refractivity contribution in [2.75, 3.05) is 6.54 Å². The normalized spacial score (nSPS) is 25.3. The van der Waals surface area contributed by atoms with Crippen LogP contribution in [-0.2, 0) is 4.79 Å². The minimum Gasteiger partial charge on any atom is -0.338 e. The van der Waals surface area contributed by atoms with Gasteiger partial charge in [0.25, 0.3) is 0 Å². The van der Waals surface area contributed by atoms with Crippen LogP contribution < -0.4 is 5.73 Å². The first-order valence-corrected chi connectivity index (χ1v) is 8.23. The summed E-state index contributed by atoms with van der Waals surface area (Å²) < 4.78 is 0. The second-order valence-electron chi connectivity index (χ2n) is 6.55. The van der Waals surface area contributed by atoms with Crippen LogP contribution in [-0.4, -0.2) is 29.4 Å². The topological polar surface area (TPSA) is 46.3 Å². The minimum atomic E-state index is 0. The van der Waals surface area contributed by atoms with Crippen LogP contribution in [0.3, 0.4) is 0 Å². The van der Waals surface area contributed by atoms with Gasteiger partial charge in [-0.15, -0.1) is 12.4 Å². The van der Waals surface area contributed by atoms with Gasteiger partial charge in [-0.3, -0.25) is 4.79 Å². The maximum absolute atomic E-state index is 12.4. The molecule has 1 aliphatic heterocycles. The maximum Gasteiger partial charge on any atom is 0.222 e. The first-order valence-electron chi connectivity index (χ1n) is 8.23. The summed E-state index contributed by atoms with van der Waals surface area (Å²) in [5.74, 6) is 1.25. The van der Waals surface area contributed by atoms with E-state index < -0.39 is 0 Å². The lowest BCUT2D eigenvalue weighted by Gasteiger charge is -2.38. The second-order valence-corrected chi connectivity index (χ2v) is 6.55. The lowest BCUT2D eigenvalue weighted by molar-refractivity contribution is -0.135. The molecule has 0 bridgehead atoms. The zero-order chi connectivity index (χ0) is 13.7. The Morgan fingerprint density at radius 3 is 2.50 bits per heavy atom. The molecule has 0 spiro atoms. The van der Waals surface area contributed by atoms with Gasteiger partial charge < -0.3 is 10.6 Å². The summed E-state index contributed by atoms with van der Waals surface area (Å²) in [4.78, 5) is 14.4. The largest absolute Gasteiger partial charge is 0.338 e. The van der Waals surface area contributed by atoms with Crippen LogP contribution in [0.5, 0.6) is 0 Å². The van der Waals surface area contributed by atoms with Crippen molar-refractivity contribution in [1.82, 2.24) is 4.90 Å². The molecule has 1 heterocycles. The number of carbonyl (C=O) groups excluding carboxylic acids is 1. The molecule has 2 fully saturated rings. The number of hydrogen-bond acceptors (Lipinski definition) is 2. The molecule has 4 heteroatoms. The van der Waals surface area contributed by atoms with E-state index in [1.165, 1.54) is 38.5 Å². The Labute approximate surface area is 130 Å². The molecule has 2 atom stereocenters. The highest BCUT2D eigenvalue weighted by atomic mass is 35.5. The van der Waals surface area contributed by atoms with Gasteiger partial charge in [0, 0.05) is 25.0 Å². The fourth-order valence-electron chi connectivity index (χ4n) is 3.80. The molecule has 2 N–H and O–H groups in total. The van der Waals surface area contributed by atoms with E-state index in [-0.39, 0.29) is 24.5 Å². The van der Waals surface area contributed by atoms with Crippen LogP contribution in [0.15, 0.2) is 0 Å². The number of piperidine rings is 1. The summed E-state index contributed by atoms with van der Waals surface area (Å²) in [6.45, 7) is 2.96. The summed E-state index contributed by atoms with van der Waals surface area (Å²) in [5, 5.41) is 0.